The number of carbonyl (C=O) groups excluding carboxylic acids is 1. The highest BCUT2D eigenvalue weighted by atomic mass is 16.5. The highest BCUT2D eigenvalue weighted by molar-refractivity contribution is 5.94. The zero-order valence-corrected chi connectivity index (χ0v) is 7.99. The van der Waals surface area contributed by atoms with Crippen LogP contribution >= 0.6 is 0 Å². The molecule has 0 saturated carbocycles. The molecule has 0 aliphatic carbocycles. The Labute approximate surface area is 82.9 Å². The molecule has 0 aliphatic heterocycles. The van der Waals surface area contributed by atoms with Crippen LogP contribution in [0.15, 0.2) is 24.3 Å². The van der Waals surface area contributed by atoms with E-state index in [0.717, 1.165) is 0 Å². The summed E-state index contributed by atoms with van der Waals surface area (Å²) in [5, 5.41) is 8.29. The Morgan fingerprint density at radius 3 is 2.57 bits per heavy atom. The number of Topliss-reactive ketones (excluding diaryl/α,β-unsaturated/α-hetero) is 1. The maximum Gasteiger partial charge on any atom is 0.159 e. The summed E-state index contributed by atoms with van der Waals surface area (Å²) in [5.74, 6) is 0.721. The predicted molar refractivity (Wildman–Crippen MR) is 52.2 cm³/mol. The quantitative estimate of drug-likeness (QED) is 0.538. The van der Waals surface area contributed by atoms with E-state index in [-0.39, 0.29) is 5.78 Å². The van der Waals surface area contributed by atoms with E-state index in [0.29, 0.717) is 24.3 Å². The fourth-order valence-electron chi connectivity index (χ4n) is 1.00. The highest BCUT2D eigenvalue weighted by Gasteiger charge is 1.98. The molecule has 0 aliphatic rings. The number of ketones is 1. The van der Waals surface area contributed by atoms with E-state index in [1.54, 1.807) is 24.3 Å². The molecule has 1 rings (SSSR count). The van der Waals surface area contributed by atoms with E-state index in [2.05, 4.69) is 0 Å². The normalized spacial score (nSPS) is 9.14. The lowest BCUT2D eigenvalue weighted by Crippen LogP contribution is -1.96. The van der Waals surface area contributed by atoms with E-state index in [4.69, 9.17) is 10.00 Å². The van der Waals surface area contributed by atoms with Crippen LogP contribution in [0, 0.1) is 11.3 Å². The fraction of sp³-hybridized carbons (Fsp3) is 0.273. The van der Waals surface area contributed by atoms with Gasteiger partial charge in [0.2, 0.25) is 0 Å². The van der Waals surface area contributed by atoms with Crippen LogP contribution in [0.25, 0.3) is 0 Å². The van der Waals surface area contributed by atoms with Gasteiger partial charge in [0.1, 0.15) is 12.4 Å². The van der Waals surface area contributed by atoms with Gasteiger partial charge in [-0.25, -0.2) is 0 Å². The first-order chi connectivity index (χ1) is 6.74. The van der Waals surface area contributed by atoms with Crippen molar-refractivity contribution in [3.8, 4) is 11.8 Å². The summed E-state index contributed by atoms with van der Waals surface area (Å²) in [6, 6.07) is 8.87. The molecule has 0 aromatic heterocycles. The molecule has 72 valence electrons. The first-order valence-electron chi connectivity index (χ1n) is 4.35. The Morgan fingerprint density at radius 2 is 2.07 bits per heavy atom. The van der Waals surface area contributed by atoms with Crippen molar-refractivity contribution in [2.45, 2.75) is 13.3 Å². The van der Waals surface area contributed by atoms with Gasteiger partial charge in [-0.1, -0.05) is 0 Å². The van der Waals surface area contributed by atoms with E-state index in [1.165, 1.54) is 6.92 Å². The van der Waals surface area contributed by atoms with Gasteiger partial charge in [0.05, 0.1) is 12.5 Å². The molecule has 0 N–H and O–H groups in total. The highest BCUT2D eigenvalue weighted by Crippen LogP contribution is 2.12. The molecular weight excluding hydrogens is 178 g/mol. The van der Waals surface area contributed by atoms with Crippen LogP contribution in [-0.4, -0.2) is 12.4 Å². The number of hydrogen-bond acceptors (Lipinski definition) is 3. The van der Waals surface area contributed by atoms with Gasteiger partial charge < -0.3 is 4.74 Å². The molecule has 0 amide bonds. The molecule has 0 radical (unpaired) electrons. The molecule has 0 atom stereocenters. The van der Waals surface area contributed by atoms with Crippen LogP contribution in [0.4, 0.5) is 0 Å². The summed E-state index contributed by atoms with van der Waals surface area (Å²) in [5.41, 5.74) is 0.664. The van der Waals surface area contributed by atoms with Gasteiger partial charge >= 0.3 is 0 Å². The van der Waals surface area contributed by atoms with E-state index in [1.807, 2.05) is 6.07 Å². The van der Waals surface area contributed by atoms with Crippen molar-refractivity contribution in [3.05, 3.63) is 29.8 Å². The molecule has 0 spiro atoms. The zero-order chi connectivity index (χ0) is 10.4. The molecule has 1 aromatic carbocycles. The fourth-order valence-corrected chi connectivity index (χ4v) is 1.00. The minimum Gasteiger partial charge on any atom is -0.493 e. The van der Waals surface area contributed by atoms with E-state index >= 15 is 0 Å². The van der Waals surface area contributed by atoms with Crippen LogP contribution in [0.1, 0.15) is 23.7 Å². The number of ether oxygens (including phenoxy) is 1. The third kappa shape index (κ3) is 2.91. The number of carbonyl (C=O) groups is 1. The molecule has 3 heteroatoms. The first kappa shape index (κ1) is 10.3. The zero-order valence-electron chi connectivity index (χ0n) is 7.99. The standard InChI is InChI=1S/C11H11NO2/c1-9(13)10-3-5-11(6-4-10)14-8-2-7-12/h3-6H,2,8H2,1H3. The van der Waals surface area contributed by atoms with Crippen LogP contribution < -0.4 is 4.74 Å². The van der Waals surface area contributed by atoms with Crippen molar-refractivity contribution in [2.75, 3.05) is 6.61 Å². The summed E-state index contributed by atoms with van der Waals surface area (Å²) >= 11 is 0. The maximum absolute atomic E-state index is 10.9. The van der Waals surface area contributed by atoms with Gasteiger partial charge in [-0.3, -0.25) is 4.79 Å². The molecule has 0 fully saturated rings. The summed E-state index contributed by atoms with van der Waals surface area (Å²) in [4.78, 5) is 10.9. The second-order valence-electron chi connectivity index (χ2n) is 2.84. The summed E-state index contributed by atoms with van der Waals surface area (Å²) < 4.78 is 5.25. The molecule has 0 bridgehead atoms. The summed E-state index contributed by atoms with van der Waals surface area (Å²) in [6.07, 6.45) is 0.370. The van der Waals surface area contributed by atoms with Gasteiger partial charge in [-0.15, -0.1) is 0 Å². The number of benzene rings is 1. The SMILES string of the molecule is CC(=O)c1ccc(OCCC#N)cc1. The van der Waals surface area contributed by atoms with E-state index in [9.17, 15) is 4.79 Å². The summed E-state index contributed by atoms with van der Waals surface area (Å²) in [6.45, 7) is 1.90. The number of hydrogen-bond donors (Lipinski definition) is 0. The van der Waals surface area contributed by atoms with Gasteiger partial charge in [0.25, 0.3) is 0 Å². The lowest BCUT2D eigenvalue weighted by Gasteiger charge is -2.03. The first-order valence-corrected chi connectivity index (χ1v) is 4.35. The monoisotopic (exact) mass is 189 g/mol. The predicted octanol–water partition coefficient (Wildman–Crippen LogP) is 2.18. The van der Waals surface area contributed by atoms with Crippen molar-refractivity contribution in [1.29, 1.82) is 5.26 Å². The van der Waals surface area contributed by atoms with Crippen molar-refractivity contribution < 1.29 is 9.53 Å². The Hall–Kier alpha value is -1.82. The largest absolute Gasteiger partial charge is 0.493 e. The van der Waals surface area contributed by atoms with Crippen LogP contribution in [0.3, 0.4) is 0 Å². The average molecular weight is 189 g/mol. The lowest BCUT2D eigenvalue weighted by molar-refractivity contribution is 0.101. The smallest absolute Gasteiger partial charge is 0.159 e. The Morgan fingerprint density at radius 1 is 1.43 bits per heavy atom. The summed E-state index contributed by atoms with van der Waals surface area (Å²) in [7, 11) is 0. The lowest BCUT2D eigenvalue weighted by atomic mass is 10.1. The minimum atomic E-state index is 0.0357. The molecule has 14 heavy (non-hydrogen) atoms. The van der Waals surface area contributed by atoms with Gasteiger partial charge in [0.15, 0.2) is 5.78 Å². The Bertz CT molecular complexity index is 349. The van der Waals surface area contributed by atoms with Gasteiger partial charge in [-0.2, -0.15) is 5.26 Å². The molecular formula is C11H11NO2. The van der Waals surface area contributed by atoms with Gasteiger partial charge in [0, 0.05) is 5.56 Å². The van der Waals surface area contributed by atoms with Crippen LogP contribution in [0.2, 0.25) is 0 Å². The Kier molecular flexibility index (Phi) is 3.69. The third-order valence-electron chi connectivity index (χ3n) is 1.74. The molecule has 1 aromatic rings. The molecule has 0 saturated heterocycles. The van der Waals surface area contributed by atoms with Gasteiger partial charge in [-0.05, 0) is 31.2 Å². The number of rotatable bonds is 4. The maximum atomic E-state index is 10.9. The number of nitrogens with zero attached hydrogens (tertiary/aromatic N) is 1. The third-order valence-corrected chi connectivity index (χ3v) is 1.74. The van der Waals surface area contributed by atoms with E-state index < -0.39 is 0 Å². The minimum absolute atomic E-state index is 0.0357. The average Bonchev–Trinajstić information content (AvgIpc) is 2.19. The topological polar surface area (TPSA) is 50.1 Å². The molecule has 3 nitrogen and oxygen atoms in total. The van der Waals surface area contributed by atoms with Crippen LogP contribution in [-0.2, 0) is 0 Å². The molecule has 0 unspecified atom stereocenters. The van der Waals surface area contributed by atoms with Crippen molar-refractivity contribution in [2.24, 2.45) is 0 Å². The van der Waals surface area contributed by atoms with Crippen molar-refractivity contribution in [1.82, 2.24) is 0 Å². The van der Waals surface area contributed by atoms with Crippen molar-refractivity contribution >= 4 is 5.78 Å². The second kappa shape index (κ2) is 5.03. The second-order valence-corrected chi connectivity index (χ2v) is 2.84. The molecule has 0 heterocycles. The Balaban J connectivity index is 2.56. The van der Waals surface area contributed by atoms with Crippen molar-refractivity contribution in [3.63, 3.8) is 0 Å². The van der Waals surface area contributed by atoms with Crippen LogP contribution in [0.5, 0.6) is 5.75 Å². The number of nitriles is 1.